The van der Waals surface area contributed by atoms with Crippen LogP contribution in [0.25, 0.3) is 11.3 Å². The Hall–Kier alpha value is -1.61. The summed E-state index contributed by atoms with van der Waals surface area (Å²) >= 11 is 0. The van der Waals surface area contributed by atoms with E-state index in [1.807, 2.05) is 18.2 Å². The highest BCUT2D eigenvalue weighted by atomic mass is 16.3. The highest BCUT2D eigenvalue weighted by Crippen LogP contribution is 2.17. The Balaban J connectivity index is 2.41. The molecule has 0 saturated heterocycles. The molecule has 0 atom stereocenters. The number of pyridine rings is 1. The molecule has 3 heteroatoms. The first kappa shape index (κ1) is 8.01. The molecule has 2 aromatic heterocycles. The van der Waals surface area contributed by atoms with Gasteiger partial charge in [0.2, 0.25) is 0 Å². The average Bonchev–Trinajstić information content (AvgIpc) is 2.71. The Morgan fingerprint density at radius 3 is 2.92 bits per heavy atom. The van der Waals surface area contributed by atoms with Crippen molar-refractivity contribution < 1.29 is 9.52 Å². The number of hydrogen-bond acceptors (Lipinski definition) is 3. The molecular formula is C10H9NO2. The molecule has 0 aliphatic heterocycles. The van der Waals surface area contributed by atoms with Gasteiger partial charge in [0, 0.05) is 5.56 Å². The lowest BCUT2D eigenvalue weighted by atomic mass is 10.2. The molecule has 0 spiro atoms. The fourth-order valence-electron chi connectivity index (χ4n) is 1.14. The summed E-state index contributed by atoms with van der Waals surface area (Å²) in [5, 5.41) is 8.87. The van der Waals surface area contributed by atoms with E-state index in [0.29, 0.717) is 5.69 Å². The lowest BCUT2D eigenvalue weighted by Gasteiger charge is -1.98. The molecule has 2 aromatic rings. The molecule has 0 fully saturated rings. The van der Waals surface area contributed by atoms with Crippen molar-refractivity contribution in [2.24, 2.45) is 0 Å². The Morgan fingerprint density at radius 2 is 2.23 bits per heavy atom. The van der Waals surface area contributed by atoms with E-state index in [1.165, 1.54) is 0 Å². The summed E-state index contributed by atoms with van der Waals surface area (Å²) in [5.74, 6) is 0. The minimum absolute atomic E-state index is 0.0360. The van der Waals surface area contributed by atoms with Gasteiger partial charge < -0.3 is 9.52 Å². The predicted octanol–water partition coefficient (Wildman–Crippen LogP) is 1.83. The molecule has 0 amide bonds. The van der Waals surface area contributed by atoms with Crippen LogP contribution in [-0.2, 0) is 6.61 Å². The third-order valence-electron chi connectivity index (χ3n) is 1.79. The molecule has 3 nitrogen and oxygen atoms in total. The van der Waals surface area contributed by atoms with Crippen LogP contribution in [0.2, 0.25) is 0 Å². The van der Waals surface area contributed by atoms with Crippen molar-refractivity contribution in [3.05, 3.63) is 42.5 Å². The van der Waals surface area contributed by atoms with Crippen molar-refractivity contribution in [3.8, 4) is 11.3 Å². The predicted molar refractivity (Wildman–Crippen MR) is 47.9 cm³/mol. The monoisotopic (exact) mass is 175 g/mol. The number of hydrogen-bond donors (Lipinski definition) is 1. The molecule has 66 valence electrons. The first-order valence-electron chi connectivity index (χ1n) is 3.99. The highest BCUT2D eigenvalue weighted by Gasteiger charge is 2.00. The van der Waals surface area contributed by atoms with Crippen LogP contribution in [0.5, 0.6) is 0 Å². The van der Waals surface area contributed by atoms with Crippen LogP contribution in [0, 0.1) is 0 Å². The highest BCUT2D eigenvalue weighted by molar-refractivity contribution is 5.57. The van der Waals surface area contributed by atoms with E-state index in [0.717, 1.165) is 11.3 Å². The van der Waals surface area contributed by atoms with Crippen molar-refractivity contribution in [2.45, 2.75) is 6.61 Å². The van der Waals surface area contributed by atoms with Gasteiger partial charge in [-0.15, -0.1) is 0 Å². The standard InChI is InChI=1S/C10H9NO2/c12-6-9-2-1-3-10(11-9)8-4-5-13-7-8/h1-5,7,12H,6H2. The molecule has 0 aliphatic rings. The Kier molecular flexibility index (Phi) is 2.10. The maximum absolute atomic E-state index is 8.87. The zero-order chi connectivity index (χ0) is 9.10. The minimum atomic E-state index is -0.0360. The Labute approximate surface area is 75.7 Å². The number of nitrogens with zero attached hydrogens (tertiary/aromatic N) is 1. The van der Waals surface area contributed by atoms with Crippen LogP contribution in [0.3, 0.4) is 0 Å². The molecule has 0 radical (unpaired) electrons. The zero-order valence-corrected chi connectivity index (χ0v) is 6.97. The Morgan fingerprint density at radius 1 is 1.31 bits per heavy atom. The third kappa shape index (κ3) is 1.60. The smallest absolute Gasteiger partial charge is 0.0996 e. The first-order valence-corrected chi connectivity index (χ1v) is 3.99. The van der Waals surface area contributed by atoms with Gasteiger partial charge in [0.25, 0.3) is 0 Å². The summed E-state index contributed by atoms with van der Waals surface area (Å²) < 4.78 is 4.94. The summed E-state index contributed by atoms with van der Waals surface area (Å²) in [7, 11) is 0. The molecule has 0 aliphatic carbocycles. The molecule has 13 heavy (non-hydrogen) atoms. The molecule has 0 aromatic carbocycles. The van der Waals surface area contributed by atoms with Gasteiger partial charge >= 0.3 is 0 Å². The van der Waals surface area contributed by atoms with E-state index in [9.17, 15) is 0 Å². The molecule has 0 bridgehead atoms. The van der Waals surface area contributed by atoms with Gasteiger partial charge in [-0.1, -0.05) is 6.07 Å². The number of aliphatic hydroxyl groups is 1. The number of aliphatic hydroxyl groups excluding tert-OH is 1. The van der Waals surface area contributed by atoms with Crippen molar-refractivity contribution in [3.63, 3.8) is 0 Å². The van der Waals surface area contributed by atoms with Crippen molar-refractivity contribution in [1.82, 2.24) is 4.98 Å². The van der Waals surface area contributed by atoms with Crippen LogP contribution in [0.1, 0.15) is 5.69 Å². The van der Waals surface area contributed by atoms with Crippen LogP contribution in [0.15, 0.2) is 41.2 Å². The maximum Gasteiger partial charge on any atom is 0.0996 e. The van der Waals surface area contributed by atoms with E-state index in [-0.39, 0.29) is 6.61 Å². The molecular weight excluding hydrogens is 166 g/mol. The largest absolute Gasteiger partial charge is 0.472 e. The molecule has 1 N–H and O–H groups in total. The quantitative estimate of drug-likeness (QED) is 0.757. The first-order chi connectivity index (χ1) is 6.40. The van der Waals surface area contributed by atoms with Crippen LogP contribution in [-0.4, -0.2) is 10.1 Å². The minimum Gasteiger partial charge on any atom is -0.472 e. The van der Waals surface area contributed by atoms with Gasteiger partial charge in [-0.3, -0.25) is 4.98 Å². The van der Waals surface area contributed by atoms with E-state index in [4.69, 9.17) is 9.52 Å². The normalized spacial score (nSPS) is 10.2. The molecule has 0 saturated carbocycles. The van der Waals surface area contributed by atoms with Gasteiger partial charge in [0.1, 0.15) is 0 Å². The fourth-order valence-corrected chi connectivity index (χ4v) is 1.14. The molecule has 2 rings (SSSR count). The Bertz CT molecular complexity index is 382. The van der Waals surface area contributed by atoms with E-state index < -0.39 is 0 Å². The SMILES string of the molecule is OCc1cccc(-c2ccoc2)n1. The second-order valence-electron chi connectivity index (χ2n) is 2.68. The fraction of sp³-hybridized carbons (Fsp3) is 0.100. The summed E-state index contributed by atoms with van der Waals surface area (Å²) in [6.45, 7) is -0.0360. The molecule has 2 heterocycles. The zero-order valence-electron chi connectivity index (χ0n) is 6.97. The maximum atomic E-state index is 8.87. The molecule has 0 unspecified atom stereocenters. The average molecular weight is 175 g/mol. The summed E-state index contributed by atoms with van der Waals surface area (Å²) in [5.41, 5.74) is 2.41. The topological polar surface area (TPSA) is 46.3 Å². The van der Waals surface area contributed by atoms with Crippen molar-refractivity contribution >= 4 is 0 Å². The van der Waals surface area contributed by atoms with Gasteiger partial charge in [0.15, 0.2) is 0 Å². The van der Waals surface area contributed by atoms with E-state index >= 15 is 0 Å². The van der Waals surface area contributed by atoms with Gasteiger partial charge in [-0.25, -0.2) is 0 Å². The van der Waals surface area contributed by atoms with Gasteiger partial charge in [-0.05, 0) is 18.2 Å². The van der Waals surface area contributed by atoms with Crippen molar-refractivity contribution in [1.29, 1.82) is 0 Å². The van der Waals surface area contributed by atoms with E-state index in [2.05, 4.69) is 4.98 Å². The van der Waals surface area contributed by atoms with Crippen LogP contribution < -0.4 is 0 Å². The summed E-state index contributed by atoms with van der Waals surface area (Å²) in [6.07, 6.45) is 3.23. The summed E-state index contributed by atoms with van der Waals surface area (Å²) in [4.78, 5) is 4.22. The van der Waals surface area contributed by atoms with Gasteiger partial charge in [-0.2, -0.15) is 0 Å². The lowest BCUT2D eigenvalue weighted by Crippen LogP contribution is -1.89. The second-order valence-corrected chi connectivity index (χ2v) is 2.68. The lowest BCUT2D eigenvalue weighted by molar-refractivity contribution is 0.277. The number of furan rings is 1. The van der Waals surface area contributed by atoms with E-state index in [1.54, 1.807) is 18.6 Å². The number of rotatable bonds is 2. The van der Waals surface area contributed by atoms with Crippen LogP contribution >= 0.6 is 0 Å². The number of aromatic nitrogens is 1. The van der Waals surface area contributed by atoms with Gasteiger partial charge in [0.05, 0.1) is 30.5 Å². The third-order valence-corrected chi connectivity index (χ3v) is 1.79. The second kappa shape index (κ2) is 3.41. The van der Waals surface area contributed by atoms with Crippen LogP contribution in [0.4, 0.5) is 0 Å². The van der Waals surface area contributed by atoms with Crippen molar-refractivity contribution in [2.75, 3.05) is 0 Å². The summed E-state index contributed by atoms with van der Waals surface area (Å²) in [6, 6.07) is 7.36.